The van der Waals surface area contributed by atoms with E-state index in [1.807, 2.05) is 42.5 Å². The van der Waals surface area contributed by atoms with Crippen LogP contribution in [-0.2, 0) is 30.5 Å². The number of ether oxygens (including phenoxy) is 2. The molecule has 0 saturated carbocycles. The summed E-state index contributed by atoms with van der Waals surface area (Å²) in [6.07, 6.45) is 5.36. The third kappa shape index (κ3) is 6.86. The number of nitrogens with one attached hydrogen (secondary N) is 1. The first-order valence-corrected chi connectivity index (χ1v) is 12.4. The minimum atomic E-state index is -0.858. The van der Waals surface area contributed by atoms with Gasteiger partial charge in [-0.1, -0.05) is 42.5 Å². The lowest BCUT2D eigenvalue weighted by Crippen LogP contribution is -2.57. The lowest BCUT2D eigenvalue weighted by molar-refractivity contribution is -0.156. The van der Waals surface area contributed by atoms with E-state index >= 15 is 0 Å². The summed E-state index contributed by atoms with van der Waals surface area (Å²) in [7, 11) is 1.48. The van der Waals surface area contributed by atoms with Gasteiger partial charge in [0.1, 0.15) is 30.3 Å². The van der Waals surface area contributed by atoms with Gasteiger partial charge in [0.15, 0.2) is 0 Å². The first-order chi connectivity index (χ1) is 17.0. The molecule has 2 heterocycles. The highest BCUT2D eigenvalue weighted by Gasteiger charge is 2.44. The van der Waals surface area contributed by atoms with Crippen LogP contribution in [0.15, 0.2) is 42.5 Å². The van der Waals surface area contributed by atoms with Crippen molar-refractivity contribution in [1.82, 2.24) is 15.1 Å². The molecule has 3 amide bonds. The SMILES string of the molecule is C[C@@H](C(=O)N[C@H]1C/C=C\C[C@H]2CC[C@@H](C(=O)OCc3ccccc3)N2C1=O)N(C)C(=O)OC(C)(C)C. The number of benzene rings is 1. The molecule has 9 nitrogen and oxygen atoms in total. The Labute approximate surface area is 212 Å². The van der Waals surface area contributed by atoms with Crippen LogP contribution in [0.3, 0.4) is 0 Å². The van der Waals surface area contributed by atoms with E-state index < -0.39 is 41.7 Å². The fourth-order valence-electron chi connectivity index (χ4n) is 4.35. The van der Waals surface area contributed by atoms with Crippen LogP contribution in [0.5, 0.6) is 0 Å². The van der Waals surface area contributed by atoms with E-state index in [0.717, 1.165) is 5.56 Å². The maximum Gasteiger partial charge on any atom is 0.410 e. The van der Waals surface area contributed by atoms with Gasteiger partial charge in [-0.05, 0) is 58.9 Å². The van der Waals surface area contributed by atoms with Crippen LogP contribution in [0.25, 0.3) is 0 Å². The first-order valence-electron chi connectivity index (χ1n) is 12.4. The molecule has 1 aromatic carbocycles. The zero-order chi connectivity index (χ0) is 26.5. The van der Waals surface area contributed by atoms with Crippen molar-refractivity contribution >= 4 is 23.9 Å². The van der Waals surface area contributed by atoms with Crippen LogP contribution in [0.1, 0.15) is 58.9 Å². The predicted octanol–water partition coefficient (Wildman–Crippen LogP) is 3.18. The quantitative estimate of drug-likeness (QED) is 0.476. The second kappa shape index (κ2) is 11.6. The molecule has 0 spiro atoms. The van der Waals surface area contributed by atoms with Gasteiger partial charge in [0.05, 0.1) is 0 Å². The average Bonchev–Trinajstić information content (AvgIpc) is 3.24. The molecular weight excluding hydrogens is 462 g/mol. The molecule has 2 aliphatic heterocycles. The van der Waals surface area contributed by atoms with Gasteiger partial charge in [0.2, 0.25) is 11.8 Å². The molecule has 3 rings (SSSR count). The fraction of sp³-hybridized carbons (Fsp3) is 0.556. The van der Waals surface area contributed by atoms with Gasteiger partial charge in [-0.3, -0.25) is 14.5 Å². The van der Waals surface area contributed by atoms with Crippen LogP contribution in [-0.4, -0.2) is 70.5 Å². The summed E-state index contributed by atoms with van der Waals surface area (Å²) in [5.41, 5.74) is 0.173. The van der Waals surface area contributed by atoms with E-state index in [2.05, 4.69) is 5.32 Å². The number of rotatable bonds is 6. The molecule has 0 bridgehead atoms. The van der Waals surface area contributed by atoms with E-state index in [1.54, 1.807) is 32.6 Å². The minimum absolute atomic E-state index is 0.135. The van der Waals surface area contributed by atoms with E-state index in [4.69, 9.17) is 9.47 Å². The molecule has 2 aliphatic rings. The summed E-state index contributed by atoms with van der Waals surface area (Å²) in [5, 5.41) is 2.78. The summed E-state index contributed by atoms with van der Waals surface area (Å²) in [5.74, 6) is -1.24. The maximum absolute atomic E-state index is 13.6. The largest absolute Gasteiger partial charge is 0.459 e. The fourth-order valence-corrected chi connectivity index (χ4v) is 4.35. The Kier molecular flexibility index (Phi) is 8.76. The van der Waals surface area contributed by atoms with Gasteiger partial charge in [-0.2, -0.15) is 0 Å². The number of amides is 3. The minimum Gasteiger partial charge on any atom is -0.459 e. The number of carbonyl (C=O) groups excluding carboxylic acids is 4. The van der Waals surface area contributed by atoms with Crippen molar-refractivity contribution in [1.29, 1.82) is 0 Å². The van der Waals surface area contributed by atoms with Crippen molar-refractivity contribution in [2.24, 2.45) is 0 Å². The van der Waals surface area contributed by atoms with Crippen LogP contribution in [0, 0.1) is 0 Å². The number of fused-ring (bicyclic) bond motifs is 1. The number of hydrogen-bond acceptors (Lipinski definition) is 6. The number of carbonyl (C=O) groups is 4. The topological polar surface area (TPSA) is 105 Å². The zero-order valence-corrected chi connectivity index (χ0v) is 21.7. The lowest BCUT2D eigenvalue weighted by atomic mass is 10.0. The van der Waals surface area contributed by atoms with Crippen molar-refractivity contribution in [3.05, 3.63) is 48.0 Å². The average molecular weight is 500 g/mol. The summed E-state index contributed by atoms with van der Waals surface area (Å²) < 4.78 is 10.9. The molecule has 0 aliphatic carbocycles. The van der Waals surface area contributed by atoms with Gasteiger partial charge >= 0.3 is 12.1 Å². The number of nitrogens with zero attached hydrogens (tertiary/aromatic N) is 2. The second-order valence-electron chi connectivity index (χ2n) is 10.4. The Hall–Kier alpha value is -3.36. The van der Waals surface area contributed by atoms with Gasteiger partial charge in [0.25, 0.3) is 0 Å². The molecule has 4 atom stereocenters. The molecule has 36 heavy (non-hydrogen) atoms. The van der Waals surface area contributed by atoms with E-state index in [-0.39, 0.29) is 18.6 Å². The molecule has 1 fully saturated rings. The third-order valence-electron chi connectivity index (χ3n) is 6.46. The maximum atomic E-state index is 13.6. The Morgan fingerprint density at radius 1 is 1.11 bits per heavy atom. The van der Waals surface area contributed by atoms with Gasteiger partial charge < -0.3 is 19.7 Å². The molecule has 1 aromatic rings. The molecule has 1 N–H and O–H groups in total. The summed E-state index contributed by atoms with van der Waals surface area (Å²) in [4.78, 5) is 54.7. The van der Waals surface area contributed by atoms with Gasteiger partial charge in [0, 0.05) is 13.1 Å². The Balaban J connectivity index is 1.67. The third-order valence-corrected chi connectivity index (χ3v) is 6.46. The summed E-state index contributed by atoms with van der Waals surface area (Å²) in [6.45, 7) is 6.95. The van der Waals surface area contributed by atoms with E-state index in [0.29, 0.717) is 25.7 Å². The summed E-state index contributed by atoms with van der Waals surface area (Å²) in [6, 6.07) is 6.84. The zero-order valence-electron chi connectivity index (χ0n) is 21.7. The van der Waals surface area contributed by atoms with Crippen molar-refractivity contribution in [2.75, 3.05) is 7.05 Å². The van der Waals surface area contributed by atoms with Crippen molar-refractivity contribution in [3.8, 4) is 0 Å². The molecule has 0 unspecified atom stereocenters. The van der Waals surface area contributed by atoms with Crippen LogP contribution in [0.4, 0.5) is 4.79 Å². The summed E-state index contributed by atoms with van der Waals surface area (Å²) >= 11 is 0. The monoisotopic (exact) mass is 499 g/mol. The predicted molar refractivity (Wildman–Crippen MR) is 134 cm³/mol. The smallest absolute Gasteiger partial charge is 0.410 e. The van der Waals surface area contributed by atoms with Crippen LogP contribution < -0.4 is 5.32 Å². The molecule has 0 radical (unpaired) electrons. The number of esters is 1. The van der Waals surface area contributed by atoms with Gasteiger partial charge in [-0.15, -0.1) is 0 Å². The second-order valence-corrected chi connectivity index (χ2v) is 10.4. The Morgan fingerprint density at radius 3 is 2.44 bits per heavy atom. The van der Waals surface area contributed by atoms with E-state index in [9.17, 15) is 19.2 Å². The first kappa shape index (κ1) is 27.2. The van der Waals surface area contributed by atoms with Crippen molar-refractivity contribution < 1.29 is 28.7 Å². The Morgan fingerprint density at radius 2 is 1.78 bits per heavy atom. The highest BCUT2D eigenvalue weighted by atomic mass is 16.6. The van der Waals surface area contributed by atoms with Crippen LogP contribution in [0.2, 0.25) is 0 Å². The lowest BCUT2D eigenvalue weighted by Gasteiger charge is -2.34. The highest BCUT2D eigenvalue weighted by Crippen LogP contribution is 2.30. The van der Waals surface area contributed by atoms with E-state index in [1.165, 1.54) is 11.9 Å². The van der Waals surface area contributed by atoms with Crippen molar-refractivity contribution in [2.45, 2.75) is 89.8 Å². The molecular formula is C27H37N3O6. The number of likely N-dealkylation sites (N-methyl/N-ethyl adjacent to an activating group) is 1. The van der Waals surface area contributed by atoms with Gasteiger partial charge in [-0.25, -0.2) is 9.59 Å². The Bertz CT molecular complexity index is 987. The molecule has 196 valence electrons. The molecule has 9 heteroatoms. The highest BCUT2D eigenvalue weighted by molar-refractivity contribution is 5.93. The normalized spacial score (nSPS) is 23.5. The number of hydrogen-bond donors (Lipinski definition) is 1. The molecule has 0 aromatic heterocycles. The molecule has 1 saturated heterocycles. The van der Waals surface area contributed by atoms with Crippen molar-refractivity contribution in [3.63, 3.8) is 0 Å². The van der Waals surface area contributed by atoms with Crippen LogP contribution >= 0.6 is 0 Å². The standard InChI is InChI=1S/C27H37N3O6/c1-18(29(5)26(34)36-27(2,3)4)23(31)28-21-14-10-9-13-20-15-16-22(30(20)24(21)32)25(33)35-17-19-11-7-6-8-12-19/h6-12,18,20-22H,13-17H2,1-5H3,(H,28,31)/b10-9-/t18-,20-,21-,22-/m0/s1.